The summed E-state index contributed by atoms with van der Waals surface area (Å²) in [7, 11) is -4.53. The molecule has 21 heavy (non-hydrogen) atoms. The van der Waals surface area contributed by atoms with Crippen LogP contribution >= 0.6 is 0 Å². The number of epoxide rings is 1. The molecule has 0 N–H and O–H groups in total. The second-order valence-corrected chi connectivity index (χ2v) is 35.3. The lowest BCUT2D eigenvalue weighted by Gasteiger charge is -2.60. The van der Waals surface area contributed by atoms with Crippen LogP contribution in [-0.2, 0) is 13.9 Å². The van der Waals surface area contributed by atoms with E-state index >= 15 is 0 Å². The standard InChI is InChI=1S/C15H34O3Si3/c1-9-14(17-11-13-10-16-13)21(8)18-15(2,3)12-19(4,5)20(21,6)7/h13-14H,9-12H2,1-8H3. The lowest BCUT2D eigenvalue weighted by Crippen LogP contribution is -2.82. The first kappa shape index (κ1) is 17.9. The molecule has 6 heteroatoms. The van der Waals surface area contributed by atoms with Crippen molar-refractivity contribution in [1.82, 2.24) is 0 Å². The lowest BCUT2D eigenvalue weighted by atomic mass is 10.2. The second kappa shape index (κ2) is 5.56. The monoisotopic (exact) mass is 346 g/mol. The first-order valence-electron chi connectivity index (χ1n) is 8.38. The molecule has 0 saturated carbocycles. The van der Waals surface area contributed by atoms with Crippen LogP contribution in [0.3, 0.4) is 0 Å². The van der Waals surface area contributed by atoms with E-state index in [2.05, 4.69) is 53.5 Å². The van der Waals surface area contributed by atoms with E-state index in [0.29, 0.717) is 11.8 Å². The molecule has 0 radical (unpaired) electrons. The normalized spacial score (nSPS) is 38.0. The fourth-order valence-electron chi connectivity index (χ4n) is 4.22. The van der Waals surface area contributed by atoms with Crippen LogP contribution < -0.4 is 0 Å². The maximum absolute atomic E-state index is 6.89. The maximum Gasteiger partial charge on any atom is 0.202 e. The summed E-state index contributed by atoms with van der Waals surface area (Å²) >= 11 is 0. The summed E-state index contributed by atoms with van der Waals surface area (Å²) in [6.07, 6.45) is 1.43. The molecule has 3 nitrogen and oxygen atoms in total. The predicted molar refractivity (Wildman–Crippen MR) is 96.3 cm³/mol. The third kappa shape index (κ3) is 3.26. The zero-order valence-corrected chi connectivity index (χ0v) is 18.2. The third-order valence-corrected chi connectivity index (χ3v) is 46.5. The van der Waals surface area contributed by atoms with Gasteiger partial charge in [-0.15, -0.1) is 0 Å². The molecule has 0 spiro atoms. The summed E-state index contributed by atoms with van der Waals surface area (Å²) in [4.78, 5) is 0. The summed E-state index contributed by atoms with van der Waals surface area (Å²) in [6, 6.07) is 1.30. The van der Waals surface area contributed by atoms with Crippen LogP contribution in [0.2, 0.25) is 38.8 Å². The molecule has 2 saturated heterocycles. The van der Waals surface area contributed by atoms with Gasteiger partial charge in [0, 0.05) is 13.2 Å². The minimum atomic E-state index is -1.88. The van der Waals surface area contributed by atoms with E-state index in [-0.39, 0.29) is 5.60 Å². The highest BCUT2D eigenvalue weighted by molar-refractivity contribution is 7.68. The van der Waals surface area contributed by atoms with Gasteiger partial charge in [0.15, 0.2) is 0 Å². The molecule has 2 fully saturated rings. The molecule has 2 aliphatic heterocycles. The molecular weight excluding hydrogens is 312 g/mol. The Labute approximate surface area is 133 Å². The summed E-state index contributed by atoms with van der Waals surface area (Å²) in [5.41, 5.74) is 0.362. The minimum absolute atomic E-state index is 0.0338. The maximum atomic E-state index is 6.89. The van der Waals surface area contributed by atoms with Crippen LogP contribution in [-0.4, -0.2) is 53.2 Å². The third-order valence-electron chi connectivity index (χ3n) is 6.16. The Morgan fingerprint density at radius 2 is 1.76 bits per heavy atom. The van der Waals surface area contributed by atoms with Crippen LogP contribution in [0.25, 0.3) is 0 Å². The zero-order valence-electron chi connectivity index (χ0n) is 15.2. The number of ether oxygens (including phenoxy) is 2. The molecule has 0 aromatic rings. The predicted octanol–water partition coefficient (Wildman–Crippen LogP) is 3.68. The quantitative estimate of drug-likeness (QED) is 0.562. The second-order valence-electron chi connectivity index (χ2n) is 8.84. The van der Waals surface area contributed by atoms with Crippen molar-refractivity contribution in [1.29, 1.82) is 0 Å². The molecule has 3 atom stereocenters. The summed E-state index contributed by atoms with van der Waals surface area (Å²) < 4.78 is 18.6. The molecular formula is C15H34O3Si3. The molecule has 0 amide bonds. The Morgan fingerprint density at radius 1 is 1.19 bits per heavy atom. The molecule has 0 aromatic heterocycles. The summed E-state index contributed by atoms with van der Waals surface area (Å²) in [6.45, 7) is 21.4. The van der Waals surface area contributed by atoms with Crippen LogP contribution in [0.1, 0.15) is 27.2 Å². The lowest BCUT2D eigenvalue weighted by molar-refractivity contribution is 0.0457. The Morgan fingerprint density at radius 3 is 2.24 bits per heavy atom. The molecule has 0 bridgehead atoms. The fraction of sp³-hybridized carbons (Fsp3) is 1.00. The van der Waals surface area contributed by atoms with Crippen molar-refractivity contribution < 1.29 is 13.9 Å². The van der Waals surface area contributed by atoms with Gasteiger partial charge in [-0.3, -0.25) is 0 Å². The number of hydrogen-bond donors (Lipinski definition) is 0. The van der Waals surface area contributed by atoms with Crippen molar-refractivity contribution in [2.75, 3.05) is 13.2 Å². The highest BCUT2D eigenvalue weighted by atomic mass is 29.6. The highest BCUT2D eigenvalue weighted by Gasteiger charge is 2.65. The molecule has 124 valence electrons. The van der Waals surface area contributed by atoms with E-state index in [1.165, 1.54) is 6.04 Å². The van der Waals surface area contributed by atoms with Gasteiger partial charge < -0.3 is 13.9 Å². The van der Waals surface area contributed by atoms with E-state index in [1.54, 1.807) is 0 Å². The van der Waals surface area contributed by atoms with Gasteiger partial charge >= 0.3 is 0 Å². The van der Waals surface area contributed by atoms with Gasteiger partial charge in [0.25, 0.3) is 0 Å². The minimum Gasteiger partial charge on any atom is -0.413 e. The average molecular weight is 347 g/mol. The Balaban J connectivity index is 2.28. The first-order valence-corrected chi connectivity index (χ1v) is 19.1. The van der Waals surface area contributed by atoms with Gasteiger partial charge in [0.1, 0.15) is 6.10 Å². The molecule has 0 aliphatic carbocycles. The topological polar surface area (TPSA) is 31.0 Å². The largest absolute Gasteiger partial charge is 0.413 e. The SMILES string of the molecule is CCC(OCC1CO1)[Si]1(C)OC(C)(C)C[Si](C)(C)[Si]1(C)C. The highest BCUT2D eigenvalue weighted by Crippen LogP contribution is 2.46. The Kier molecular flexibility index (Phi) is 4.73. The zero-order chi connectivity index (χ0) is 16.1. The number of hydrogen-bond acceptors (Lipinski definition) is 3. The van der Waals surface area contributed by atoms with Crippen molar-refractivity contribution >= 4 is 22.5 Å². The summed E-state index contributed by atoms with van der Waals surface area (Å²) in [5, 5.41) is 0. The van der Waals surface area contributed by atoms with Crippen molar-refractivity contribution in [3.63, 3.8) is 0 Å². The van der Waals surface area contributed by atoms with E-state index in [9.17, 15) is 0 Å². The van der Waals surface area contributed by atoms with Crippen molar-refractivity contribution in [2.45, 2.75) is 83.4 Å². The van der Waals surface area contributed by atoms with Gasteiger partial charge in [0.2, 0.25) is 7.83 Å². The molecule has 2 heterocycles. The van der Waals surface area contributed by atoms with E-state index in [4.69, 9.17) is 13.9 Å². The van der Waals surface area contributed by atoms with E-state index in [1.807, 2.05) is 0 Å². The molecule has 2 aliphatic rings. The van der Waals surface area contributed by atoms with E-state index < -0.39 is 22.5 Å². The average Bonchev–Trinajstić information content (AvgIpc) is 3.09. The van der Waals surface area contributed by atoms with Gasteiger partial charge in [-0.1, -0.05) is 33.1 Å². The van der Waals surface area contributed by atoms with Gasteiger partial charge in [-0.05, 0) is 32.9 Å². The summed E-state index contributed by atoms with van der Waals surface area (Å²) in [5.74, 6) is 0. The van der Waals surface area contributed by atoms with Gasteiger partial charge in [0.05, 0.1) is 26.0 Å². The first-order chi connectivity index (χ1) is 9.45. The van der Waals surface area contributed by atoms with Crippen molar-refractivity contribution in [3.05, 3.63) is 0 Å². The van der Waals surface area contributed by atoms with Crippen molar-refractivity contribution in [2.24, 2.45) is 0 Å². The van der Waals surface area contributed by atoms with E-state index in [0.717, 1.165) is 19.6 Å². The number of rotatable bonds is 5. The van der Waals surface area contributed by atoms with Gasteiger partial charge in [-0.2, -0.15) is 0 Å². The van der Waals surface area contributed by atoms with Crippen LogP contribution in [0.15, 0.2) is 0 Å². The molecule has 3 unspecified atom stereocenters. The fourth-order valence-corrected chi connectivity index (χ4v) is 38.3. The Bertz CT molecular complexity index is 394. The molecule has 0 aromatic carbocycles. The van der Waals surface area contributed by atoms with Crippen LogP contribution in [0.5, 0.6) is 0 Å². The molecule has 2 rings (SSSR count). The van der Waals surface area contributed by atoms with Gasteiger partial charge in [-0.25, -0.2) is 0 Å². The smallest absolute Gasteiger partial charge is 0.202 e. The van der Waals surface area contributed by atoms with Crippen LogP contribution in [0.4, 0.5) is 0 Å². The van der Waals surface area contributed by atoms with Crippen molar-refractivity contribution in [3.8, 4) is 0 Å². The van der Waals surface area contributed by atoms with Crippen LogP contribution in [0, 0.1) is 0 Å². The Hall–Kier alpha value is 0.531.